The zero-order chi connectivity index (χ0) is 12.4. The summed E-state index contributed by atoms with van der Waals surface area (Å²) in [6.07, 6.45) is 3.78. The van der Waals surface area contributed by atoms with Gasteiger partial charge in [-0.25, -0.2) is 4.98 Å². The van der Waals surface area contributed by atoms with E-state index in [0.29, 0.717) is 5.89 Å². The van der Waals surface area contributed by atoms with E-state index < -0.39 is 0 Å². The normalized spacial score (nSPS) is 11.4. The average Bonchev–Trinajstić information content (AvgIpc) is 2.81. The molecule has 0 spiro atoms. The van der Waals surface area contributed by atoms with Crippen molar-refractivity contribution in [1.82, 2.24) is 4.98 Å². The summed E-state index contributed by atoms with van der Waals surface area (Å²) in [5, 5.41) is 0. The Morgan fingerprint density at radius 3 is 2.61 bits per heavy atom. The Hall–Kier alpha value is -2.35. The number of rotatable bonds is 2. The first-order chi connectivity index (χ1) is 8.86. The molecular weight excluding hydrogens is 222 g/mol. The van der Waals surface area contributed by atoms with Gasteiger partial charge in [-0.15, -0.1) is 0 Å². The molecule has 1 heterocycles. The first-order valence-electron chi connectivity index (χ1n) is 5.95. The molecule has 0 aliphatic carbocycles. The number of aromatic nitrogens is 1. The number of oxazole rings is 1. The van der Waals surface area contributed by atoms with Crippen LogP contribution in [0.2, 0.25) is 0 Å². The Kier molecular flexibility index (Phi) is 2.69. The Bertz CT molecular complexity index is 695. The molecular formula is C16H13NO. The third kappa shape index (κ3) is 1.93. The van der Waals surface area contributed by atoms with Crippen LogP contribution < -0.4 is 0 Å². The van der Waals surface area contributed by atoms with Gasteiger partial charge >= 0.3 is 0 Å². The number of hydrogen-bond acceptors (Lipinski definition) is 2. The Labute approximate surface area is 106 Å². The van der Waals surface area contributed by atoms with Crippen molar-refractivity contribution in [2.24, 2.45) is 0 Å². The predicted molar refractivity (Wildman–Crippen MR) is 74.2 cm³/mol. The molecule has 2 aromatic carbocycles. The van der Waals surface area contributed by atoms with E-state index in [2.05, 4.69) is 29.2 Å². The van der Waals surface area contributed by atoms with Gasteiger partial charge in [-0.1, -0.05) is 42.5 Å². The smallest absolute Gasteiger partial charge is 0.219 e. The molecule has 0 aliphatic rings. The molecule has 0 atom stereocenters. The second-order valence-electron chi connectivity index (χ2n) is 4.10. The van der Waals surface area contributed by atoms with Crippen LogP contribution in [0, 0.1) is 0 Å². The van der Waals surface area contributed by atoms with E-state index in [4.69, 9.17) is 4.42 Å². The van der Waals surface area contributed by atoms with Crippen molar-refractivity contribution >= 4 is 17.2 Å². The van der Waals surface area contributed by atoms with Crippen molar-refractivity contribution in [3.05, 3.63) is 60.5 Å². The summed E-state index contributed by atoms with van der Waals surface area (Å²) in [5.41, 5.74) is 4.06. The van der Waals surface area contributed by atoms with Crippen molar-refractivity contribution < 1.29 is 4.42 Å². The molecule has 3 rings (SSSR count). The maximum absolute atomic E-state index is 5.60. The van der Waals surface area contributed by atoms with Crippen LogP contribution in [0.5, 0.6) is 0 Å². The lowest BCUT2D eigenvalue weighted by molar-refractivity contribution is 0.589. The van der Waals surface area contributed by atoms with Gasteiger partial charge in [0.15, 0.2) is 5.58 Å². The van der Waals surface area contributed by atoms with Crippen molar-refractivity contribution in [2.45, 2.75) is 6.92 Å². The molecule has 0 fully saturated rings. The molecule has 18 heavy (non-hydrogen) atoms. The third-order valence-corrected chi connectivity index (χ3v) is 2.82. The van der Waals surface area contributed by atoms with Crippen molar-refractivity contribution in [3.8, 4) is 11.1 Å². The van der Waals surface area contributed by atoms with Crippen LogP contribution in [-0.2, 0) is 0 Å². The number of allylic oxidation sites excluding steroid dienone is 1. The lowest BCUT2D eigenvalue weighted by atomic mass is 10.1. The average molecular weight is 235 g/mol. The van der Waals surface area contributed by atoms with Gasteiger partial charge in [0.2, 0.25) is 5.89 Å². The van der Waals surface area contributed by atoms with E-state index in [1.54, 1.807) is 0 Å². The minimum atomic E-state index is 0.651. The molecule has 88 valence electrons. The topological polar surface area (TPSA) is 26.0 Å². The van der Waals surface area contributed by atoms with Crippen LogP contribution in [0.3, 0.4) is 0 Å². The molecule has 0 saturated heterocycles. The molecule has 2 nitrogen and oxygen atoms in total. The third-order valence-electron chi connectivity index (χ3n) is 2.82. The SMILES string of the molecule is C/C=C/c1nc2cc(-c3ccccc3)ccc2o1. The second kappa shape index (κ2) is 4.49. The lowest BCUT2D eigenvalue weighted by Crippen LogP contribution is -1.77. The van der Waals surface area contributed by atoms with Gasteiger partial charge < -0.3 is 4.42 Å². The highest BCUT2D eigenvalue weighted by molar-refractivity contribution is 5.81. The van der Waals surface area contributed by atoms with E-state index in [1.807, 2.05) is 43.3 Å². The first kappa shape index (κ1) is 10.8. The Morgan fingerprint density at radius 2 is 1.83 bits per heavy atom. The van der Waals surface area contributed by atoms with Gasteiger partial charge in [-0.2, -0.15) is 0 Å². The van der Waals surface area contributed by atoms with Crippen LogP contribution in [-0.4, -0.2) is 4.98 Å². The van der Waals surface area contributed by atoms with E-state index in [1.165, 1.54) is 5.56 Å². The minimum absolute atomic E-state index is 0.651. The highest BCUT2D eigenvalue weighted by Crippen LogP contribution is 2.24. The molecule has 0 N–H and O–H groups in total. The van der Waals surface area contributed by atoms with Crippen LogP contribution in [0.15, 0.2) is 59.0 Å². The maximum Gasteiger partial charge on any atom is 0.219 e. The van der Waals surface area contributed by atoms with E-state index >= 15 is 0 Å². The van der Waals surface area contributed by atoms with E-state index in [9.17, 15) is 0 Å². The second-order valence-corrected chi connectivity index (χ2v) is 4.10. The van der Waals surface area contributed by atoms with Gasteiger partial charge in [0, 0.05) is 0 Å². The highest BCUT2D eigenvalue weighted by Gasteiger charge is 2.05. The zero-order valence-electron chi connectivity index (χ0n) is 10.1. The fraction of sp³-hybridized carbons (Fsp3) is 0.0625. The van der Waals surface area contributed by atoms with Gasteiger partial charge in [0.1, 0.15) is 5.52 Å². The maximum atomic E-state index is 5.60. The molecule has 1 aromatic heterocycles. The first-order valence-corrected chi connectivity index (χ1v) is 5.95. The van der Waals surface area contributed by atoms with Crippen molar-refractivity contribution in [2.75, 3.05) is 0 Å². The predicted octanol–water partition coefficient (Wildman–Crippen LogP) is 4.53. The summed E-state index contributed by atoms with van der Waals surface area (Å²) in [4.78, 5) is 4.44. The molecule has 0 unspecified atom stereocenters. The van der Waals surface area contributed by atoms with Gasteiger partial charge in [0.05, 0.1) is 0 Å². The van der Waals surface area contributed by atoms with Crippen LogP contribution in [0.1, 0.15) is 12.8 Å². The molecule has 0 aliphatic heterocycles. The zero-order valence-corrected chi connectivity index (χ0v) is 10.1. The van der Waals surface area contributed by atoms with Gasteiger partial charge in [0.25, 0.3) is 0 Å². The van der Waals surface area contributed by atoms with Crippen molar-refractivity contribution in [1.29, 1.82) is 0 Å². The van der Waals surface area contributed by atoms with Crippen molar-refractivity contribution in [3.63, 3.8) is 0 Å². The van der Waals surface area contributed by atoms with E-state index in [-0.39, 0.29) is 0 Å². The summed E-state index contributed by atoms with van der Waals surface area (Å²) < 4.78 is 5.60. The number of benzene rings is 2. The fourth-order valence-corrected chi connectivity index (χ4v) is 1.97. The summed E-state index contributed by atoms with van der Waals surface area (Å²) in [7, 11) is 0. The summed E-state index contributed by atoms with van der Waals surface area (Å²) in [5.74, 6) is 0.651. The molecule has 0 radical (unpaired) electrons. The molecule has 2 heteroatoms. The summed E-state index contributed by atoms with van der Waals surface area (Å²) >= 11 is 0. The van der Waals surface area contributed by atoms with Gasteiger partial charge in [-0.3, -0.25) is 0 Å². The number of fused-ring (bicyclic) bond motifs is 1. The molecule has 0 amide bonds. The van der Waals surface area contributed by atoms with Gasteiger partial charge in [-0.05, 0) is 36.3 Å². The van der Waals surface area contributed by atoms with E-state index in [0.717, 1.165) is 16.7 Å². The minimum Gasteiger partial charge on any atom is -0.437 e. The number of nitrogens with zero attached hydrogens (tertiary/aromatic N) is 1. The monoisotopic (exact) mass is 235 g/mol. The molecule has 3 aromatic rings. The molecule has 0 bridgehead atoms. The fourth-order valence-electron chi connectivity index (χ4n) is 1.97. The lowest BCUT2D eigenvalue weighted by Gasteiger charge is -1.99. The Balaban J connectivity index is 2.11. The quantitative estimate of drug-likeness (QED) is 0.652. The van der Waals surface area contributed by atoms with Crippen LogP contribution in [0.4, 0.5) is 0 Å². The molecule has 0 saturated carbocycles. The summed E-state index contributed by atoms with van der Waals surface area (Å²) in [6, 6.07) is 16.4. The summed E-state index contributed by atoms with van der Waals surface area (Å²) in [6.45, 7) is 1.95. The Morgan fingerprint density at radius 1 is 1.00 bits per heavy atom. The largest absolute Gasteiger partial charge is 0.437 e. The van der Waals surface area contributed by atoms with Crippen LogP contribution >= 0.6 is 0 Å². The highest BCUT2D eigenvalue weighted by atomic mass is 16.3. The standard InChI is InChI=1S/C16H13NO/c1-2-6-16-17-14-11-13(9-10-15(14)18-16)12-7-4-3-5-8-12/h2-11H,1H3/b6-2+. The number of hydrogen-bond donors (Lipinski definition) is 0. The van der Waals surface area contributed by atoms with Crippen LogP contribution in [0.25, 0.3) is 28.3 Å².